The first-order chi connectivity index (χ1) is 14.0. The van der Waals surface area contributed by atoms with E-state index >= 15 is 0 Å². The molecule has 0 radical (unpaired) electrons. The van der Waals surface area contributed by atoms with Crippen LogP contribution in [0.1, 0.15) is 11.1 Å². The van der Waals surface area contributed by atoms with Crippen molar-refractivity contribution in [1.29, 1.82) is 0 Å². The van der Waals surface area contributed by atoms with Crippen LogP contribution in [0.4, 0.5) is 13.6 Å². The Kier molecular flexibility index (Phi) is 6.87. The molecule has 0 saturated carbocycles. The SMILES string of the molecule is COc1ccc(OC)c(CN2CCN(C(=O)NCc3cc(F)ccc3F)CC2)c1. The molecule has 0 bridgehead atoms. The van der Waals surface area contributed by atoms with E-state index in [9.17, 15) is 13.6 Å². The average molecular weight is 405 g/mol. The van der Waals surface area contributed by atoms with Gasteiger partial charge in [-0.1, -0.05) is 0 Å². The first kappa shape index (κ1) is 20.9. The van der Waals surface area contributed by atoms with Crippen LogP contribution in [0, 0.1) is 11.6 Å². The van der Waals surface area contributed by atoms with Crippen LogP contribution in [0.3, 0.4) is 0 Å². The lowest BCUT2D eigenvalue weighted by atomic mass is 10.1. The van der Waals surface area contributed by atoms with E-state index < -0.39 is 11.6 Å². The zero-order valence-electron chi connectivity index (χ0n) is 16.6. The molecule has 0 spiro atoms. The molecule has 1 fully saturated rings. The van der Waals surface area contributed by atoms with E-state index in [1.54, 1.807) is 19.1 Å². The Labute approximate surface area is 169 Å². The zero-order chi connectivity index (χ0) is 20.8. The number of methoxy groups -OCH3 is 2. The third-order valence-electron chi connectivity index (χ3n) is 4.98. The minimum absolute atomic E-state index is 0.0519. The topological polar surface area (TPSA) is 54.0 Å². The first-order valence-corrected chi connectivity index (χ1v) is 9.40. The lowest BCUT2D eigenvalue weighted by molar-refractivity contribution is 0.134. The molecule has 1 heterocycles. The van der Waals surface area contributed by atoms with Gasteiger partial charge in [0.05, 0.1) is 14.2 Å². The molecule has 0 atom stereocenters. The van der Waals surface area contributed by atoms with Gasteiger partial charge in [-0.25, -0.2) is 13.6 Å². The van der Waals surface area contributed by atoms with Crippen molar-refractivity contribution >= 4 is 6.03 Å². The number of carbonyl (C=O) groups excluding carboxylic acids is 1. The van der Waals surface area contributed by atoms with Crippen LogP contribution in [0.25, 0.3) is 0 Å². The molecule has 29 heavy (non-hydrogen) atoms. The Hall–Kier alpha value is -2.87. The van der Waals surface area contributed by atoms with Gasteiger partial charge in [0.25, 0.3) is 0 Å². The summed E-state index contributed by atoms with van der Waals surface area (Å²) in [6.45, 7) is 3.12. The van der Waals surface area contributed by atoms with Gasteiger partial charge >= 0.3 is 6.03 Å². The molecule has 2 aromatic carbocycles. The van der Waals surface area contributed by atoms with Gasteiger partial charge in [-0.2, -0.15) is 0 Å². The molecular formula is C21H25F2N3O3. The normalized spacial score (nSPS) is 14.6. The van der Waals surface area contributed by atoms with Crippen LogP contribution in [-0.2, 0) is 13.1 Å². The number of nitrogens with one attached hydrogen (secondary N) is 1. The summed E-state index contributed by atoms with van der Waals surface area (Å²) < 4.78 is 37.6. The van der Waals surface area contributed by atoms with Gasteiger partial charge < -0.3 is 19.7 Å². The van der Waals surface area contributed by atoms with Crippen molar-refractivity contribution < 1.29 is 23.0 Å². The molecule has 1 N–H and O–H groups in total. The molecule has 6 nitrogen and oxygen atoms in total. The molecule has 2 aromatic rings. The summed E-state index contributed by atoms with van der Waals surface area (Å²) in [5, 5.41) is 2.66. The van der Waals surface area contributed by atoms with Gasteiger partial charge in [0.15, 0.2) is 0 Å². The minimum atomic E-state index is -0.538. The average Bonchev–Trinajstić information content (AvgIpc) is 2.74. The molecule has 0 unspecified atom stereocenters. The summed E-state index contributed by atoms with van der Waals surface area (Å²) >= 11 is 0. The quantitative estimate of drug-likeness (QED) is 0.803. The zero-order valence-corrected chi connectivity index (χ0v) is 16.6. The first-order valence-electron chi connectivity index (χ1n) is 9.40. The van der Waals surface area contributed by atoms with Gasteiger partial charge in [-0.3, -0.25) is 4.90 Å². The number of ether oxygens (including phenoxy) is 2. The van der Waals surface area contributed by atoms with E-state index in [1.165, 1.54) is 0 Å². The van der Waals surface area contributed by atoms with Gasteiger partial charge in [0, 0.05) is 50.4 Å². The maximum Gasteiger partial charge on any atom is 0.317 e. The molecule has 3 rings (SSSR count). The lowest BCUT2D eigenvalue weighted by Crippen LogP contribution is -2.51. The van der Waals surface area contributed by atoms with Gasteiger partial charge in [-0.15, -0.1) is 0 Å². The molecular weight excluding hydrogens is 380 g/mol. The predicted molar refractivity (Wildman–Crippen MR) is 105 cm³/mol. The van der Waals surface area contributed by atoms with Crippen molar-refractivity contribution in [3.8, 4) is 11.5 Å². The van der Waals surface area contributed by atoms with Crippen molar-refractivity contribution in [3.63, 3.8) is 0 Å². The molecule has 0 aromatic heterocycles. The van der Waals surface area contributed by atoms with Crippen molar-refractivity contribution in [2.45, 2.75) is 13.1 Å². The van der Waals surface area contributed by atoms with E-state index in [0.717, 1.165) is 35.3 Å². The summed E-state index contributed by atoms with van der Waals surface area (Å²) in [6.07, 6.45) is 0. The van der Waals surface area contributed by atoms with E-state index in [2.05, 4.69) is 10.2 Å². The van der Waals surface area contributed by atoms with Crippen molar-refractivity contribution in [1.82, 2.24) is 15.1 Å². The van der Waals surface area contributed by atoms with Gasteiger partial charge in [0.1, 0.15) is 23.1 Å². The smallest absolute Gasteiger partial charge is 0.317 e. The van der Waals surface area contributed by atoms with E-state index in [1.807, 2.05) is 18.2 Å². The number of halogens is 2. The third-order valence-corrected chi connectivity index (χ3v) is 4.98. The molecule has 1 aliphatic rings. The third kappa shape index (κ3) is 5.35. The summed E-state index contributed by atoms with van der Waals surface area (Å²) in [5.41, 5.74) is 1.15. The predicted octanol–water partition coefficient (Wildman–Crippen LogP) is 3.01. The highest BCUT2D eigenvalue weighted by Crippen LogP contribution is 2.25. The highest BCUT2D eigenvalue weighted by molar-refractivity contribution is 5.74. The number of piperazine rings is 1. The highest BCUT2D eigenvalue weighted by atomic mass is 19.1. The molecule has 1 aliphatic heterocycles. The largest absolute Gasteiger partial charge is 0.497 e. The fourth-order valence-electron chi connectivity index (χ4n) is 3.32. The Bertz CT molecular complexity index is 855. The van der Waals surface area contributed by atoms with Crippen LogP contribution < -0.4 is 14.8 Å². The number of hydrogen-bond donors (Lipinski definition) is 1. The van der Waals surface area contributed by atoms with Crippen LogP contribution in [0.15, 0.2) is 36.4 Å². The van der Waals surface area contributed by atoms with E-state index in [0.29, 0.717) is 32.7 Å². The van der Waals surface area contributed by atoms with Crippen LogP contribution in [0.5, 0.6) is 11.5 Å². The number of carbonyl (C=O) groups is 1. The number of rotatable bonds is 6. The maximum atomic E-state index is 13.7. The fourth-order valence-corrected chi connectivity index (χ4v) is 3.32. The molecule has 8 heteroatoms. The van der Waals surface area contributed by atoms with Crippen LogP contribution in [-0.4, -0.2) is 56.2 Å². The Morgan fingerprint density at radius 1 is 1.00 bits per heavy atom. The van der Waals surface area contributed by atoms with Crippen LogP contribution in [0.2, 0.25) is 0 Å². The molecule has 0 aliphatic carbocycles. The van der Waals surface area contributed by atoms with Crippen molar-refractivity contribution in [2.24, 2.45) is 0 Å². The maximum absolute atomic E-state index is 13.7. The number of nitrogens with zero attached hydrogens (tertiary/aromatic N) is 2. The summed E-state index contributed by atoms with van der Waals surface area (Å²) in [4.78, 5) is 16.3. The standard InChI is InChI=1S/C21H25F2N3O3/c1-28-18-4-6-20(29-2)16(12-18)14-25-7-9-26(10-8-25)21(27)24-13-15-11-17(22)3-5-19(15)23/h3-6,11-12H,7-10,13-14H2,1-2H3,(H,24,27). The second kappa shape index (κ2) is 9.56. The number of benzene rings is 2. The summed E-state index contributed by atoms with van der Waals surface area (Å²) in [7, 11) is 3.26. The van der Waals surface area contributed by atoms with Gasteiger partial charge in [-0.05, 0) is 36.4 Å². The molecule has 156 valence electrons. The number of urea groups is 1. The molecule has 1 saturated heterocycles. The second-order valence-electron chi connectivity index (χ2n) is 6.84. The fraction of sp³-hybridized carbons (Fsp3) is 0.381. The van der Waals surface area contributed by atoms with Crippen molar-refractivity contribution in [3.05, 3.63) is 59.2 Å². The monoisotopic (exact) mass is 405 g/mol. The van der Waals surface area contributed by atoms with Gasteiger partial charge in [0.2, 0.25) is 0 Å². The Balaban J connectivity index is 1.51. The lowest BCUT2D eigenvalue weighted by Gasteiger charge is -2.35. The van der Waals surface area contributed by atoms with E-state index in [4.69, 9.17) is 9.47 Å². The van der Waals surface area contributed by atoms with Crippen molar-refractivity contribution in [2.75, 3.05) is 40.4 Å². The Morgan fingerprint density at radius 2 is 1.76 bits per heavy atom. The number of hydrogen-bond acceptors (Lipinski definition) is 4. The van der Waals surface area contributed by atoms with Crippen LogP contribution >= 0.6 is 0 Å². The second-order valence-corrected chi connectivity index (χ2v) is 6.84. The molecule has 2 amide bonds. The summed E-state index contributed by atoms with van der Waals surface area (Å²) in [5.74, 6) is 0.493. The number of amides is 2. The summed E-state index contributed by atoms with van der Waals surface area (Å²) in [6, 6.07) is 8.60. The van der Waals surface area contributed by atoms with E-state index in [-0.39, 0.29) is 18.1 Å². The Morgan fingerprint density at radius 3 is 2.45 bits per heavy atom. The minimum Gasteiger partial charge on any atom is -0.497 e. The highest BCUT2D eigenvalue weighted by Gasteiger charge is 2.22.